The van der Waals surface area contributed by atoms with Gasteiger partial charge in [-0.3, -0.25) is 0 Å². The second-order valence-corrected chi connectivity index (χ2v) is 6.77. The summed E-state index contributed by atoms with van der Waals surface area (Å²) >= 11 is 8.68. The van der Waals surface area contributed by atoms with Crippen LogP contribution in [0.1, 0.15) is 11.1 Å². The molecule has 0 bridgehead atoms. The van der Waals surface area contributed by atoms with E-state index in [0.29, 0.717) is 0 Å². The van der Waals surface area contributed by atoms with Crippen molar-refractivity contribution in [2.45, 2.75) is 0 Å². The summed E-state index contributed by atoms with van der Waals surface area (Å²) in [5, 5.41) is 0. The van der Waals surface area contributed by atoms with Gasteiger partial charge in [0.15, 0.2) is 0 Å². The van der Waals surface area contributed by atoms with Crippen LogP contribution in [-0.2, 0) is 0 Å². The van der Waals surface area contributed by atoms with Crippen molar-refractivity contribution in [1.82, 2.24) is 0 Å². The van der Waals surface area contributed by atoms with Crippen molar-refractivity contribution in [3.63, 3.8) is 0 Å². The standard InChI is InChI=1S/C12H8Br2S/c13-11-8-10(12(14)15-11)7-6-9-4-2-1-3-5-9/h1-8H/b7-6+. The van der Waals surface area contributed by atoms with Gasteiger partial charge in [-0.2, -0.15) is 0 Å². The van der Waals surface area contributed by atoms with E-state index in [2.05, 4.69) is 62.2 Å². The average Bonchev–Trinajstić information content (AvgIpc) is 2.56. The van der Waals surface area contributed by atoms with Gasteiger partial charge in [-0.05, 0) is 43.5 Å². The van der Waals surface area contributed by atoms with Crippen LogP contribution in [0.25, 0.3) is 12.2 Å². The molecule has 0 saturated carbocycles. The van der Waals surface area contributed by atoms with E-state index >= 15 is 0 Å². The van der Waals surface area contributed by atoms with Crippen molar-refractivity contribution in [3.8, 4) is 0 Å². The molecule has 0 aliphatic rings. The van der Waals surface area contributed by atoms with Crippen molar-refractivity contribution >= 4 is 55.3 Å². The van der Waals surface area contributed by atoms with E-state index in [1.807, 2.05) is 18.2 Å². The fourth-order valence-electron chi connectivity index (χ4n) is 1.22. The molecule has 0 aliphatic heterocycles. The first-order valence-corrected chi connectivity index (χ1v) is 6.84. The Bertz CT molecular complexity index is 472. The Hall–Kier alpha value is -0.380. The zero-order chi connectivity index (χ0) is 10.7. The molecule has 1 heterocycles. The summed E-state index contributed by atoms with van der Waals surface area (Å²) in [5.41, 5.74) is 2.42. The topological polar surface area (TPSA) is 0 Å². The first-order chi connectivity index (χ1) is 7.25. The maximum absolute atomic E-state index is 3.53. The predicted octanol–water partition coefficient (Wildman–Crippen LogP) is 5.44. The highest BCUT2D eigenvalue weighted by Gasteiger charge is 2.00. The molecule has 0 unspecified atom stereocenters. The molecule has 1 aromatic carbocycles. The third-order valence-corrected chi connectivity index (χ3v) is 4.32. The van der Waals surface area contributed by atoms with Gasteiger partial charge in [-0.1, -0.05) is 42.5 Å². The third kappa shape index (κ3) is 3.03. The number of thiophene rings is 1. The molecule has 3 heteroatoms. The molecule has 1 aromatic heterocycles. The maximum atomic E-state index is 3.53. The van der Waals surface area contributed by atoms with Crippen LogP contribution in [0.5, 0.6) is 0 Å². The summed E-state index contributed by atoms with van der Waals surface area (Å²) in [5.74, 6) is 0. The lowest BCUT2D eigenvalue weighted by molar-refractivity contribution is 1.66. The highest BCUT2D eigenvalue weighted by Crippen LogP contribution is 2.32. The number of hydrogen-bond donors (Lipinski definition) is 0. The summed E-state index contributed by atoms with van der Waals surface area (Å²) in [6, 6.07) is 12.4. The van der Waals surface area contributed by atoms with E-state index in [9.17, 15) is 0 Å². The number of rotatable bonds is 2. The van der Waals surface area contributed by atoms with E-state index < -0.39 is 0 Å². The second-order valence-electron chi connectivity index (χ2n) is 3.02. The number of benzene rings is 1. The molecule has 76 valence electrons. The smallest absolute Gasteiger partial charge is 0.0782 e. The van der Waals surface area contributed by atoms with Gasteiger partial charge in [0.1, 0.15) is 0 Å². The fourth-order valence-corrected chi connectivity index (χ4v) is 3.97. The molecule has 0 amide bonds. The van der Waals surface area contributed by atoms with Crippen molar-refractivity contribution in [2.75, 3.05) is 0 Å². The zero-order valence-electron chi connectivity index (χ0n) is 7.78. The van der Waals surface area contributed by atoms with E-state index in [1.165, 1.54) is 11.1 Å². The molecule has 0 aliphatic carbocycles. The first-order valence-electron chi connectivity index (χ1n) is 4.43. The minimum Gasteiger partial charge on any atom is -0.121 e. The molecule has 0 fully saturated rings. The van der Waals surface area contributed by atoms with Crippen molar-refractivity contribution in [2.24, 2.45) is 0 Å². The summed E-state index contributed by atoms with van der Waals surface area (Å²) in [6.45, 7) is 0. The van der Waals surface area contributed by atoms with Crippen LogP contribution < -0.4 is 0 Å². The number of hydrogen-bond acceptors (Lipinski definition) is 1. The normalized spacial score (nSPS) is 11.1. The van der Waals surface area contributed by atoms with Gasteiger partial charge in [0, 0.05) is 5.56 Å². The molecule has 0 N–H and O–H groups in total. The van der Waals surface area contributed by atoms with Gasteiger partial charge < -0.3 is 0 Å². The number of halogens is 2. The Labute approximate surface area is 110 Å². The molecule has 2 aromatic rings. The van der Waals surface area contributed by atoms with Crippen LogP contribution in [0, 0.1) is 0 Å². The lowest BCUT2D eigenvalue weighted by Crippen LogP contribution is -1.68. The van der Waals surface area contributed by atoms with Gasteiger partial charge in [0.05, 0.1) is 7.57 Å². The molecular weight excluding hydrogens is 336 g/mol. The fraction of sp³-hybridized carbons (Fsp3) is 0. The monoisotopic (exact) mass is 342 g/mol. The Morgan fingerprint density at radius 1 is 1.00 bits per heavy atom. The molecule has 2 rings (SSSR count). The van der Waals surface area contributed by atoms with Gasteiger partial charge in [0.25, 0.3) is 0 Å². The Balaban J connectivity index is 2.22. The molecule has 0 radical (unpaired) electrons. The van der Waals surface area contributed by atoms with Crippen molar-refractivity contribution in [1.29, 1.82) is 0 Å². The van der Waals surface area contributed by atoms with E-state index in [-0.39, 0.29) is 0 Å². The Kier molecular flexibility index (Phi) is 3.78. The first kappa shape index (κ1) is 11.1. The van der Waals surface area contributed by atoms with Gasteiger partial charge in [-0.15, -0.1) is 11.3 Å². The molecular formula is C12H8Br2S. The van der Waals surface area contributed by atoms with Crippen molar-refractivity contribution < 1.29 is 0 Å². The molecule has 0 saturated heterocycles. The summed E-state index contributed by atoms with van der Waals surface area (Å²) in [4.78, 5) is 0. The second kappa shape index (κ2) is 5.10. The Morgan fingerprint density at radius 2 is 1.73 bits per heavy atom. The SMILES string of the molecule is Brc1cc(/C=C/c2ccccc2)c(Br)s1. The third-order valence-electron chi connectivity index (χ3n) is 1.94. The quantitative estimate of drug-likeness (QED) is 0.680. The van der Waals surface area contributed by atoms with E-state index in [4.69, 9.17) is 0 Å². The molecule has 0 spiro atoms. The minimum atomic E-state index is 1.14. The highest BCUT2D eigenvalue weighted by atomic mass is 79.9. The predicted molar refractivity (Wildman–Crippen MR) is 75.1 cm³/mol. The zero-order valence-corrected chi connectivity index (χ0v) is 11.8. The summed E-state index contributed by atoms with van der Waals surface area (Å²) in [6.07, 6.45) is 4.22. The molecule has 0 nitrogen and oxygen atoms in total. The molecule has 0 atom stereocenters. The molecule has 15 heavy (non-hydrogen) atoms. The lowest BCUT2D eigenvalue weighted by Gasteiger charge is -1.91. The lowest BCUT2D eigenvalue weighted by atomic mass is 10.2. The van der Waals surface area contributed by atoms with Gasteiger partial charge in [0.2, 0.25) is 0 Å². The van der Waals surface area contributed by atoms with Crippen molar-refractivity contribution in [3.05, 3.63) is 55.1 Å². The highest BCUT2D eigenvalue weighted by molar-refractivity contribution is 9.12. The largest absolute Gasteiger partial charge is 0.121 e. The van der Waals surface area contributed by atoms with E-state index in [1.54, 1.807) is 11.3 Å². The summed E-state index contributed by atoms with van der Waals surface area (Å²) in [7, 11) is 0. The Morgan fingerprint density at radius 3 is 2.33 bits per heavy atom. The van der Waals surface area contributed by atoms with Crippen LogP contribution in [0.3, 0.4) is 0 Å². The van der Waals surface area contributed by atoms with Gasteiger partial charge >= 0.3 is 0 Å². The van der Waals surface area contributed by atoms with Crippen LogP contribution in [-0.4, -0.2) is 0 Å². The van der Waals surface area contributed by atoms with Crippen LogP contribution in [0.4, 0.5) is 0 Å². The van der Waals surface area contributed by atoms with Crippen LogP contribution >= 0.6 is 43.2 Å². The maximum Gasteiger partial charge on any atom is 0.0782 e. The summed E-state index contributed by atoms with van der Waals surface area (Å²) < 4.78 is 2.30. The van der Waals surface area contributed by atoms with E-state index in [0.717, 1.165) is 7.57 Å². The van der Waals surface area contributed by atoms with Gasteiger partial charge in [-0.25, -0.2) is 0 Å². The van der Waals surface area contributed by atoms with Crippen LogP contribution in [0.15, 0.2) is 44.0 Å². The minimum absolute atomic E-state index is 1.14. The van der Waals surface area contributed by atoms with Crippen LogP contribution in [0.2, 0.25) is 0 Å². The average molecular weight is 344 g/mol.